The first kappa shape index (κ1) is 12.0. The molecule has 1 heterocycles. The first-order valence-electron chi connectivity index (χ1n) is 5.64. The van der Waals surface area contributed by atoms with Crippen LogP contribution in [0.5, 0.6) is 0 Å². The number of rotatable bonds is 5. The number of nitrogens with one attached hydrogen (secondary N) is 1. The summed E-state index contributed by atoms with van der Waals surface area (Å²) in [5.74, 6) is 0. The van der Waals surface area contributed by atoms with E-state index < -0.39 is 0 Å². The van der Waals surface area contributed by atoms with Crippen LogP contribution < -0.4 is 5.32 Å². The average Bonchev–Trinajstić information content (AvgIpc) is 2.42. The maximum Gasteiger partial charge on any atom is 0.0791 e. The summed E-state index contributed by atoms with van der Waals surface area (Å²) in [6.07, 6.45) is 1.03. The van der Waals surface area contributed by atoms with Gasteiger partial charge in [0.15, 0.2) is 0 Å². The van der Waals surface area contributed by atoms with Crippen molar-refractivity contribution in [2.45, 2.75) is 33.3 Å². The zero-order valence-corrected chi connectivity index (χ0v) is 9.71. The summed E-state index contributed by atoms with van der Waals surface area (Å²) >= 11 is 0. The van der Waals surface area contributed by atoms with Crippen LogP contribution in [-0.4, -0.2) is 48.8 Å². The lowest BCUT2D eigenvalue weighted by Crippen LogP contribution is -2.37. The van der Waals surface area contributed by atoms with Crippen molar-refractivity contribution in [3.05, 3.63) is 0 Å². The van der Waals surface area contributed by atoms with Gasteiger partial charge in [-0.05, 0) is 24.9 Å². The number of nitrogens with zero attached hydrogens (tertiary/aromatic N) is 1. The van der Waals surface area contributed by atoms with Crippen molar-refractivity contribution in [2.24, 2.45) is 5.41 Å². The van der Waals surface area contributed by atoms with Crippen molar-refractivity contribution in [1.82, 2.24) is 10.2 Å². The van der Waals surface area contributed by atoms with Gasteiger partial charge in [0.05, 0.1) is 6.10 Å². The minimum atomic E-state index is -0.219. The van der Waals surface area contributed by atoms with Crippen LogP contribution in [0.15, 0.2) is 0 Å². The van der Waals surface area contributed by atoms with Crippen LogP contribution >= 0.6 is 0 Å². The molecule has 1 fully saturated rings. The molecule has 1 rings (SSSR count). The minimum Gasteiger partial charge on any atom is -0.390 e. The summed E-state index contributed by atoms with van der Waals surface area (Å²) in [6.45, 7) is 11.4. The van der Waals surface area contributed by atoms with Gasteiger partial charge in [-0.1, -0.05) is 20.8 Å². The molecule has 1 saturated heterocycles. The lowest BCUT2D eigenvalue weighted by molar-refractivity contribution is 0.119. The fourth-order valence-electron chi connectivity index (χ4n) is 2.05. The van der Waals surface area contributed by atoms with E-state index in [9.17, 15) is 5.11 Å². The Morgan fingerprint density at radius 2 is 2.21 bits per heavy atom. The van der Waals surface area contributed by atoms with Gasteiger partial charge in [0.2, 0.25) is 0 Å². The maximum atomic E-state index is 9.71. The Bertz CT molecular complexity index is 171. The van der Waals surface area contributed by atoms with Crippen LogP contribution in [0.2, 0.25) is 0 Å². The highest BCUT2D eigenvalue weighted by atomic mass is 16.3. The quantitative estimate of drug-likeness (QED) is 0.685. The van der Waals surface area contributed by atoms with E-state index in [2.05, 4.69) is 31.0 Å². The molecule has 1 aliphatic heterocycles. The average molecular weight is 200 g/mol. The molecular weight excluding hydrogens is 176 g/mol. The molecule has 0 bridgehead atoms. The van der Waals surface area contributed by atoms with Crippen molar-refractivity contribution in [1.29, 1.82) is 0 Å². The zero-order valence-electron chi connectivity index (χ0n) is 9.71. The van der Waals surface area contributed by atoms with Crippen molar-refractivity contribution < 1.29 is 5.11 Å². The third kappa shape index (κ3) is 3.95. The summed E-state index contributed by atoms with van der Waals surface area (Å²) in [4.78, 5) is 2.36. The standard InChI is InChI=1S/C11H24N2O/c1-4-12-7-10(14)8-13-6-5-11(2,3)9-13/h10,12,14H,4-9H2,1-3H3. The molecule has 1 unspecified atom stereocenters. The van der Waals surface area contributed by atoms with Gasteiger partial charge in [0.1, 0.15) is 0 Å². The van der Waals surface area contributed by atoms with Crippen molar-refractivity contribution in [3.8, 4) is 0 Å². The first-order chi connectivity index (χ1) is 6.53. The normalized spacial score (nSPS) is 24.0. The predicted octanol–water partition coefficient (Wildman–Crippen LogP) is 0.689. The van der Waals surface area contributed by atoms with Gasteiger partial charge in [0.25, 0.3) is 0 Å². The van der Waals surface area contributed by atoms with E-state index in [-0.39, 0.29) is 6.10 Å². The Morgan fingerprint density at radius 1 is 1.50 bits per heavy atom. The van der Waals surface area contributed by atoms with Crippen LogP contribution in [0.4, 0.5) is 0 Å². The SMILES string of the molecule is CCNCC(O)CN1CCC(C)(C)C1. The molecule has 3 heteroatoms. The second-order valence-corrected chi connectivity index (χ2v) is 5.11. The number of β-amino-alcohol motifs (C(OH)–C–C–N with tert-alkyl or cyclic N) is 1. The lowest BCUT2D eigenvalue weighted by Gasteiger charge is -2.22. The minimum absolute atomic E-state index is 0.219. The highest BCUT2D eigenvalue weighted by molar-refractivity contribution is 4.83. The summed E-state index contributed by atoms with van der Waals surface area (Å²) in [5.41, 5.74) is 0.442. The second kappa shape index (κ2) is 5.10. The Balaban J connectivity index is 2.18. The molecule has 0 spiro atoms. The monoisotopic (exact) mass is 200 g/mol. The van der Waals surface area contributed by atoms with Crippen molar-refractivity contribution >= 4 is 0 Å². The van der Waals surface area contributed by atoms with Crippen molar-refractivity contribution in [3.63, 3.8) is 0 Å². The van der Waals surface area contributed by atoms with Crippen LogP contribution in [0, 0.1) is 5.41 Å². The Kier molecular flexibility index (Phi) is 4.35. The number of likely N-dealkylation sites (tertiary alicyclic amines) is 1. The molecule has 1 atom stereocenters. The largest absolute Gasteiger partial charge is 0.390 e. The van der Waals surface area contributed by atoms with E-state index in [1.165, 1.54) is 6.42 Å². The number of likely N-dealkylation sites (N-methyl/N-ethyl adjacent to an activating group) is 1. The maximum absolute atomic E-state index is 9.71. The van der Waals surface area contributed by atoms with Gasteiger partial charge in [0, 0.05) is 19.6 Å². The number of hydrogen-bond acceptors (Lipinski definition) is 3. The van der Waals surface area contributed by atoms with Gasteiger partial charge in [-0.15, -0.1) is 0 Å². The summed E-state index contributed by atoms with van der Waals surface area (Å²) in [5, 5.41) is 12.9. The molecule has 0 aromatic carbocycles. The molecule has 84 valence electrons. The van der Waals surface area contributed by atoms with Crippen LogP contribution in [-0.2, 0) is 0 Å². The molecule has 2 N–H and O–H groups in total. The van der Waals surface area contributed by atoms with E-state index in [0.717, 1.165) is 26.2 Å². The van der Waals surface area contributed by atoms with E-state index in [0.29, 0.717) is 12.0 Å². The topological polar surface area (TPSA) is 35.5 Å². The third-order valence-electron chi connectivity index (χ3n) is 2.86. The Labute approximate surface area is 87.5 Å². The van der Waals surface area contributed by atoms with E-state index in [1.54, 1.807) is 0 Å². The fraction of sp³-hybridized carbons (Fsp3) is 1.00. The van der Waals surface area contributed by atoms with Gasteiger partial charge in [-0.2, -0.15) is 0 Å². The molecule has 0 radical (unpaired) electrons. The fourth-order valence-corrected chi connectivity index (χ4v) is 2.05. The molecule has 0 amide bonds. The van der Waals surface area contributed by atoms with E-state index in [1.807, 2.05) is 0 Å². The molecule has 0 aliphatic carbocycles. The third-order valence-corrected chi connectivity index (χ3v) is 2.86. The highest BCUT2D eigenvalue weighted by Crippen LogP contribution is 2.28. The molecular formula is C11H24N2O. The van der Waals surface area contributed by atoms with Crippen LogP contribution in [0.1, 0.15) is 27.2 Å². The lowest BCUT2D eigenvalue weighted by atomic mass is 9.93. The van der Waals surface area contributed by atoms with Crippen LogP contribution in [0.3, 0.4) is 0 Å². The van der Waals surface area contributed by atoms with Crippen molar-refractivity contribution in [2.75, 3.05) is 32.7 Å². The molecule has 14 heavy (non-hydrogen) atoms. The van der Waals surface area contributed by atoms with Crippen LogP contribution in [0.25, 0.3) is 0 Å². The number of aliphatic hydroxyl groups excluding tert-OH is 1. The van der Waals surface area contributed by atoms with E-state index >= 15 is 0 Å². The van der Waals surface area contributed by atoms with Gasteiger partial charge in [-0.3, -0.25) is 0 Å². The second-order valence-electron chi connectivity index (χ2n) is 5.11. The molecule has 3 nitrogen and oxygen atoms in total. The number of hydrogen-bond donors (Lipinski definition) is 2. The van der Waals surface area contributed by atoms with E-state index in [4.69, 9.17) is 0 Å². The Hall–Kier alpha value is -0.120. The van der Waals surface area contributed by atoms with Gasteiger partial charge in [-0.25, -0.2) is 0 Å². The summed E-state index contributed by atoms with van der Waals surface area (Å²) in [7, 11) is 0. The molecule has 1 aliphatic rings. The molecule has 0 aromatic rings. The number of aliphatic hydroxyl groups is 1. The summed E-state index contributed by atoms with van der Waals surface area (Å²) in [6, 6.07) is 0. The van der Waals surface area contributed by atoms with Gasteiger partial charge >= 0.3 is 0 Å². The summed E-state index contributed by atoms with van der Waals surface area (Å²) < 4.78 is 0. The Morgan fingerprint density at radius 3 is 2.71 bits per heavy atom. The highest BCUT2D eigenvalue weighted by Gasteiger charge is 2.29. The smallest absolute Gasteiger partial charge is 0.0791 e. The zero-order chi connectivity index (χ0) is 10.6. The van der Waals surface area contributed by atoms with Gasteiger partial charge < -0.3 is 15.3 Å². The molecule has 0 aromatic heterocycles. The predicted molar refractivity (Wildman–Crippen MR) is 59.4 cm³/mol. The first-order valence-corrected chi connectivity index (χ1v) is 5.64. The molecule has 0 saturated carbocycles.